The molecule has 0 atom stereocenters. The smallest absolute Gasteiger partial charge is 0.255 e. The molecular formula is C21H21F2N7O2. The number of H-pyrrole nitrogens is 1. The van der Waals surface area contributed by atoms with Crippen LogP contribution < -0.4 is 10.6 Å². The zero-order valence-corrected chi connectivity index (χ0v) is 17.2. The first-order chi connectivity index (χ1) is 15.5. The Balaban J connectivity index is 1.41. The summed E-state index contributed by atoms with van der Waals surface area (Å²) in [5.41, 5.74) is 3.10. The highest BCUT2D eigenvalue weighted by Gasteiger charge is 2.29. The van der Waals surface area contributed by atoms with Crippen molar-refractivity contribution in [3.8, 4) is 11.1 Å². The van der Waals surface area contributed by atoms with Crippen LogP contribution in [0.15, 0.2) is 36.9 Å². The zero-order chi connectivity index (χ0) is 22.2. The van der Waals surface area contributed by atoms with Gasteiger partial charge >= 0.3 is 0 Å². The lowest BCUT2D eigenvalue weighted by molar-refractivity contribution is 0.0327. The van der Waals surface area contributed by atoms with Gasteiger partial charge in [0.25, 0.3) is 12.3 Å². The maximum atomic E-state index is 12.4. The van der Waals surface area contributed by atoms with Crippen LogP contribution in [0.2, 0.25) is 0 Å². The molecule has 166 valence electrons. The van der Waals surface area contributed by atoms with Crippen LogP contribution in [0.3, 0.4) is 0 Å². The van der Waals surface area contributed by atoms with E-state index in [-0.39, 0.29) is 11.7 Å². The number of methoxy groups -OCH3 is 1. The predicted molar refractivity (Wildman–Crippen MR) is 114 cm³/mol. The van der Waals surface area contributed by atoms with Gasteiger partial charge in [0.15, 0.2) is 0 Å². The number of alkyl halides is 2. The number of amides is 1. The fourth-order valence-electron chi connectivity index (χ4n) is 3.86. The average Bonchev–Trinajstić information content (AvgIpc) is 3.37. The van der Waals surface area contributed by atoms with Crippen LogP contribution in [0, 0.1) is 0 Å². The Labute approximate surface area is 181 Å². The SMILES string of the molecule is COC1CC(Nc2ncc3c(-c4ccn5ncc(C(=O)NCC(F)F)c5c4)c[nH]c3n2)C1. The van der Waals surface area contributed by atoms with Crippen molar-refractivity contribution in [2.45, 2.75) is 31.4 Å². The standard InChI is InChI=1S/C21H21F2N7O2/c1-32-13-5-12(6-13)28-21-26-8-15-14(7-24-19(15)29-21)11-2-3-30-17(4-11)16(9-27-30)20(31)25-10-18(22)23/h2-4,7-9,12-13,18H,5-6,10H2,1H3,(H,25,31)(H2,24,26,28,29). The van der Waals surface area contributed by atoms with Crippen molar-refractivity contribution < 1.29 is 18.3 Å². The molecule has 3 N–H and O–H groups in total. The Morgan fingerprint density at radius 1 is 1.38 bits per heavy atom. The van der Waals surface area contributed by atoms with E-state index < -0.39 is 18.9 Å². The summed E-state index contributed by atoms with van der Waals surface area (Å²) in [6, 6.07) is 3.94. The Morgan fingerprint density at radius 2 is 2.22 bits per heavy atom. The summed E-state index contributed by atoms with van der Waals surface area (Å²) in [5, 5.41) is 10.5. The molecule has 0 saturated heterocycles. The molecule has 0 spiro atoms. The van der Waals surface area contributed by atoms with E-state index >= 15 is 0 Å². The van der Waals surface area contributed by atoms with Gasteiger partial charge in [-0.05, 0) is 30.5 Å². The molecule has 1 aliphatic rings. The molecule has 11 heteroatoms. The maximum absolute atomic E-state index is 12.4. The highest BCUT2D eigenvalue weighted by atomic mass is 19.3. The number of halogens is 2. The number of nitrogens with zero attached hydrogens (tertiary/aromatic N) is 4. The van der Waals surface area contributed by atoms with Gasteiger partial charge in [-0.1, -0.05) is 0 Å². The fraction of sp³-hybridized carbons (Fsp3) is 0.333. The summed E-state index contributed by atoms with van der Waals surface area (Å²) < 4.78 is 31.7. The summed E-state index contributed by atoms with van der Waals surface area (Å²) in [4.78, 5) is 24.5. The monoisotopic (exact) mass is 441 g/mol. The van der Waals surface area contributed by atoms with Gasteiger partial charge in [-0.3, -0.25) is 4.79 Å². The number of aromatic amines is 1. The van der Waals surface area contributed by atoms with Gasteiger partial charge in [-0.15, -0.1) is 0 Å². The van der Waals surface area contributed by atoms with Crippen molar-refractivity contribution in [2.75, 3.05) is 19.0 Å². The average molecular weight is 441 g/mol. The fourth-order valence-corrected chi connectivity index (χ4v) is 3.86. The lowest BCUT2D eigenvalue weighted by atomic mass is 9.89. The van der Waals surface area contributed by atoms with Crippen molar-refractivity contribution in [2.24, 2.45) is 0 Å². The Morgan fingerprint density at radius 3 is 3.00 bits per heavy atom. The first kappa shape index (κ1) is 20.3. The first-order valence-electron chi connectivity index (χ1n) is 10.2. The van der Waals surface area contributed by atoms with Crippen molar-refractivity contribution >= 4 is 28.4 Å². The molecule has 0 aromatic carbocycles. The molecule has 1 saturated carbocycles. The molecule has 1 aliphatic carbocycles. The van der Waals surface area contributed by atoms with Crippen LogP contribution in [-0.2, 0) is 4.74 Å². The number of ether oxygens (including phenoxy) is 1. The predicted octanol–water partition coefficient (Wildman–Crippen LogP) is 2.86. The van der Waals surface area contributed by atoms with Crippen LogP contribution in [0.1, 0.15) is 23.2 Å². The molecule has 4 aromatic rings. The largest absolute Gasteiger partial charge is 0.381 e. The van der Waals surface area contributed by atoms with Gasteiger partial charge in [0.2, 0.25) is 5.95 Å². The van der Waals surface area contributed by atoms with Crippen molar-refractivity contribution in [3.05, 3.63) is 42.5 Å². The number of hydrogen-bond acceptors (Lipinski definition) is 6. The highest BCUT2D eigenvalue weighted by molar-refractivity contribution is 6.02. The molecule has 1 amide bonds. The van der Waals surface area contributed by atoms with Crippen molar-refractivity contribution in [3.63, 3.8) is 0 Å². The number of nitrogens with one attached hydrogen (secondary N) is 3. The van der Waals surface area contributed by atoms with E-state index in [1.807, 2.05) is 12.3 Å². The van der Waals surface area contributed by atoms with Crippen LogP contribution in [0.4, 0.5) is 14.7 Å². The van der Waals surface area contributed by atoms with Gasteiger partial charge in [0.05, 0.1) is 29.9 Å². The lowest BCUT2D eigenvalue weighted by Gasteiger charge is -2.34. The van der Waals surface area contributed by atoms with Gasteiger partial charge < -0.3 is 20.4 Å². The normalized spacial score (nSPS) is 18.2. The molecule has 32 heavy (non-hydrogen) atoms. The van der Waals surface area contributed by atoms with Crippen LogP contribution in [-0.4, -0.2) is 62.7 Å². The topological polar surface area (TPSA) is 109 Å². The molecule has 1 fully saturated rings. The number of anilines is 1. The van der Waals surface area contributed by atoms with Crippen molar-refractivity contribution in [1.29, 1.82) is 0 Å². The second-order valence-electron chi connectivity index (χ2n) is 7.73. The third-order valence-electron chi connectivity index (χ3n) is 5.69. The molecule has 4 heterocycles. The maximum Gasteiger partial charge on any atom is 0.255 e. The molecule has 9 nitrogen and oxygen atoms in total. The van der Waals surface area contributed by atoms with Gasteiger partial charge in [-0.2, -0.15) is 10.1 Å². The van der Waals surface area contributed by atoms with Gasteiger partial charge in [0, 0.05) is 42.7 Å². The Kier molecular flexibility index (Phi) is 5.17. The number of rotatable bonds is 7. The molecule has 0 radical (unpaired) electrons. The second-order valence-corrected chi connectivity index (χ2v) is 7.73. The van der Waals surface area contributed by atoms with Crippen LogP contribution >= 0.6 is 0 Å². The summed E-state index contributed by atoms with van der Waals surface area (Å²) >= 11 is 0. The minimum Gasteiger partial charge on any atom is -0.381 e. The molecule has 0 bridgehead atoms. The quantitative estimate of drug-likeness (QED) is 0.407. The molecule has 0 aliphatic heterocycles. The number of carbonyl (C=O) groups excluding carboxylic acids is 1. The number of hydrogen-bond donors (Lipinski definition) is 3. The third kappa shape index (κ3) is 3.75. The number of aromatic nitrogens is 5. The van der Waals surface area contributed by atoms with Crippen molar-refractivity contribution in [1.82, 2.24) is 29.9 Å². The molecule has 4 aromatic heterocycles. The van der Waals surface area contributed by atoms with E-state index in [2.05, 4.69) is 30.7 Å². The van der Waals surface area contributed by atoms with Crippen LogP contribution in [0.25, 0.3) is 27.7 Å². The zero-order valence-electron chi connectivity index (χ0n) is 17.2. The minimum atomic E-state index is -2.62. The van der Waals surface area contributed by atoms with Gasteiger partial charge in [0.1, 0.15) is 5.65 Å². The lowest BCUT2D eigenvalue weighted by Crippen LogP contribution is -2.40. The van der Waals surface area contributed by atoms with Gasteiger partial charge in [-0.25, -0.2) is 18.3 Å². The third-order valence-corrected chi connectivity index (χ3v) is 5.69. The highest BCUT2D eigenvalue weighted by Crippen LogP contribution is 2.30. The molecule has 5 rings (SSSR count). The summed E-state index contributed by atoms with van der Waals surface area (Å²) in [6.07, 6.45) is 6.17. The summed E-state index contributed by atoms with van der Waals surface area (Å²) in [5.74, 6) is -0.0446. The molecular weight excluding hydrogens is 420 g/mol. The first-order valence-corrected chi connectivity index (χ1v) is 10.2. The summed E-state index contributed by atoms with van der Waals surface area (Å²) in [6.45, 7) is -0.709. The Hall–Kier alpha value is -3.60. The Bertz CT molecular complexity index is 1280. The number of carbonyl (C=O) groups is 1. The summed E-state index contributed by atoms with van der Waals surface area (Å²) in [7, 11) is 1.71. The second kappa shape index (κ2) is 8.15. The number of pyridine rings is 1. The van der Waals surface area contributed by atoms with E-state index in [1.54, 1.807) is 25.6 Å². The van der Waals surface area contributed by atoms with E-state index in [9.17, 15) is 13.6 Å². The van der Waals surface area contributed by atoms with E-state index in [4.69, 9.17) is 4.74 Å². The number of fused-ring (bicyclic) bond motifs is 2. The van der Waals surface area contributed by atoms with E-state index in [0.717, 1.165) is 29.4 Å². The molecule has 0 unspecified atom stereocenters. The van der Waals surface area contributed by atoms with E-state index in [0.29, 0.717) is 23.2 Å². The minimum absolute atomic E-state index is 0.227. The van der Waals surface area contributed by atoms with Crippen LogP contribution in [0.5, 0.6) is 0 Å². The van der Waals surface area contributed by atoms with E-state index in [1.165, 1.54) is 10.7 Å².